The Morgan fingerprint density at radius 1 is 1.46 bits per heavy atom. The lowest BCUT2D eigenvalue weighted by Crippen LogP contribution is -2.29. The third kappa shape index (κ3) is 2.59. The molecule has 5 heteroatoms. The van der Waals surface area contributed by atoms with Crippen LogP contribution in [-0.4, -0.2) is 24.3 Å². The third-order valence-electron chi connectivity index (χ3n) is 1.75. The van der Waals surface area contributed by atoms with E-state index in [9.17, 15) is 0 Å². The summed E-state index contributed by atoms with van der Waals surface area (Å²) in [7, 11) is 0.188. The Kier molecular flexibility index (Phi) is 4.02. The van der Waals surface area contributed by atoms with Crippen LogP contribution in [0.4, 0.5) is 0 Å². The van der Waals surface area contributed by atoms with Crippen LogP contribution in [0.1, 0.15) is 5.56 Å². The lowest BCUT2D eigenvalue weighted by Gasteiger charge is -2.07. The first-order valence-corrected chi connectivity index (χ1v) is 5.30. The van der Waals surface area contributed by atoms with E-state index >= 15 is 0 Å². The van der Waals surface area contributed by atoms with Gasteiger partial charge in [-0.25, -0.2) is 0 Å². The molecule has 1 aromatic carbocycles. The summed E-state index contributed by atoms with van der Waals surface area (Å²) in [5.41, 5.74) is 1.46. The van der Waals surface area contributed by atoms with Gasteiger partial charge in [-0.15, -0.1) is 0 Å². The quantitative estimate of drug-likeness (QED) is 0.479. The van der Waals surface area contributed by atoms with Gasteiger partial charge in [0.15, 0.2) is 0 Å². The van der Waals surface area contributed by atoms with Gasteiger partial charge in [-0.2, -0.15) is 0 Å². The topological polar surface area (TPSA) is 49.7 Å². The second-order valence-electron chi connectivity index (χ2n) is 2.58. The molecule has 0 heterocycles. The van der Waals surface area contributed by atoms with Gasteiger partial charge in [0.25, 0.3) is 0 Å². The average Bonchev–Trinajstić information content (AvgIpc) is 2.16. The minimum absolute atomic E-state index is 0.493. The Balaban J connectivity index is 3.05. The minimum Gasteiger partial charge on any atom is -0.496 e. The van der Waals surface area contributed by atoms with Crippen LogP contribution in [0.15, 0.2) is 18.2 Å². The lowest BCUT2D eigenvalue weighted by atomic mass is 9.79. The zero-order valence-corrected chi connectivity index (χ0v) is 9.35. The molecule has 0 fully saturated rings. The third-order valence-corrected chi connectivity index (χ3v) is 2.57. The lowest BCUT2D eigenvalue weighted by molar-refractivity contribution is 0.411. The highest BCUT2D eigenvalue weighted by atomic mass is 127. The van der Waals surface area contributed by atoms with Crippen LogP contribution in [-0.2, 0) is 4.43 Å². The Morgan fingerprint density at radius 2 is 2.15 bits per heavy atom. The Morgan fingerprint density at radius 3 is 2.62 bits per heavy atom. The molecule has 0 amide bonds. The van der Waals surface area contributed by atoms with Crippen molar-refractivity contribution in [2.75, 3.05) is 7.11 Å². The molecule has 1 rings (SSSR count). The molecule has 3 nitrogen and oxygen atoms in total. The molecule has 0 saturated carbocycles. The van der Waals surface area contributed by atoms with Crippen molar-refractivity contribution in [3.05, 3.63) is 23.8 Å². The summed E-state index contributed by atoms with van der Waals surface area (Å²) in [6.07, 6.45) is 0. The van der Waals surface area contributed by atoms with Crippen molar-refractivity contribution in [1.82, 2.24) is 0 Å². The number of rotatable bonds is 3. The molecule has 13 heavy (non-hydrogen) atoms. The minimum atomic E-state index is -1.41. The van der Waals surface area contributed by atoms with Crippen LogP contribution in [0, 0.1) is 0 Å². The fourth-order valence-corrected chi connectivity index (χ4v) is 1.66. The second kappa shape index (κ2) is 4.83. The van der Waals surface area contributed by atoms with Gasteiger partial charge in [-0.3, -0.25) is 0 Å². The Hall–Kier alpha value is -0.265. The van der Waals surface area contributed by atoms with Gasteiger partial charge in [-0.1, -0.05) is 34.7 Å². The van der Waals surface area contributed by atoms with Crippen molar-refractivity contribution in [3.63, 3.8) is 0 Å². The SMILES string of the molecule is COc1ccc(B(O)O)cc1CI. The van der Waals surface area contributed by atoms with Crippen molar-refractivity contribution in [3.8, 4) is 5.75 Å². The first kappa shape index (κ1) is 10.8. The number of ether oxygens (including phenoxy) is 1. The maximum atomic E-state index is 8.92. The van der Waals surface area contributed by atoms with Crippen molar-refractivity contribution >= 4 is 35.2 Å². The normalized spacial score (nSPS) is 9.85. The average molecular weight is 292 g/mol. The van der Waals surface area contributed by atoms with Crippen LogP contribution in [0.25, 0.3) is 0 Å². The molecule has 0 aliphatic carbocycles. The molecule has 0 bridgehead atoms. The van der Waals surface area contributed by atoms with E-state index in [2.05, 4.69) is 22.6 Å². The monoisotopic (exact) mass is 292 g/mol. The number of hydrogen-bond donors (Lipinski definition) is 2. The predicted octanol–water partition coefficient (Wildman–Crippen LogP) is 0.310. The van der Waals surface area contributed by atoms with Gasteiger partial charge < -0.3 is 14.8 Å². The maximum Gasteiger partial charge on any atom is 0.488 e. The highest BCUT2D eigenvalue weighted by Crippen LogP contribution is 2.19. The van der Waals surface area contributed by atoms with Crippen LogP contribution in [0.3, 0.4) is 0 Å². The second-order valence-corrected chi connectivity index (χ2v) is 3.34. The van der Waals surface area contributed by atoms with E-state index in [0.29, 0.717) is 5.46 Å². The highest BCUT2D eigenvalue weighted by molar-refractivity contribution is 14.1. The number of hydrogen-bond acceptors (Lipinski definition) is 3. The molecule has 0 atom stereocenters. The van der Waals surface area contributed by atoms with Gasteiger partial charge in [0.1, 0.15) is 5.75 Å². The molecule has 0 spiro atoms. The summed E-state index contributed by atoms with van der Waals surface area (Å²) in [5, 5.41) is 17.8. The van der Waals surface area contributed by atoms with Gasteiger partial charge in [0.05, 0.1) is 7.11 Å². The van der Waals surface area contributed by atoms with Gasteiger partial charge in [-0.05, 0) is 11.5 Å². The van der Waals surface area contributed by atoms with E-state index < -0.39 is 7.12 Å². The molecule has 70 valence electrons. The molecule has 0 radical (unpaired) electrons. The first-order valence-electron chi connectivity index (χ1n) is 3.78. The number of alkyl halides is 1. The van der Waals surface area contributed by atoms with Crippen LogP contribution < -0.4 is 10.2 Å². The highest BCUT2D eigenvalue weighted by Gasteiger charge is 2.12. The van der Waals surface area contributed by atoms with E-state index in [0.717, 1.165) is 15.7 Å². The summed E-state index contributed by atoms with van der Waals surface area (Å²) < 4.78 is 5.88. The molecule has 0 aliphatic rings. The molecule has 0 unspecified atom stereocenters. The van der Waals surface area contributed by atoms with Crippen LogP contribution >= 0.6 is 22.6 Å². The number of methoxy groups -OCH3 is 1. The number of halogens is 1. The van der Waals surface area contributed by atoms with E-state index in [1.165, 1.54) is 0 Å². The molecule has 2 N–H and O–H groups in total. The van der Waals surface area contributed by atoms with Crippen molar-refractivity contribution in [1.29, 1.82) is 0 Å². The van der Waals surface area contributed by atoms with E-state index in [1.807, 2.05) is 0 Å². The summed E-state index contributed by atoms with van der Waals surface area (Å²) in [6, 6.07) is 5.11. The molecule has 0 aromatic heterocycles. The zero-order valence-electron chi connectivity index (χ0n) is 7.20. The van der Waals surface area contributed by atoms with Gasteiger partial charge in [0, 0.05) is 9.99 Å². The smallest absolute Gasteiger partial charge is 0.488 e. The molecule has 0 saturated heterocycles. The van der Waals surface area contributed by atoms with E-state index in [1.54, 1.807) is 25.3 Å². The Labute approximate surface area is 91.0 Å². The van der Waals surface area contributed by atoms with Gasteiger partial charge >= 0.3 is 7.12 Å². The van der Waals surface area contributed by atoms with Crippen molar-refractivity contribution < 1.29 is 14.8 Å². The fourth-order valence-electron chi connectivity index (χ4n) is 1.06. The largest absolute Gasteiger partial charge is 0.496 e. The summed E-state index contributed by atoms with van der Waals surface area (Å²) in [4.78, 5) is 0. The summed E-state index contributed by atoms with van der Waals surface area (Å²) in [6.45, 7) is 0. The molecule has 1 aromatic rings. The molecular weight excluding hydrogens is 282 g/mol. The summed E-state index contributed by atoms with van der Waals surface area (Å²) >= 11 is 2.20. The predicted molar refractivity (Wildman–Crippen MR) is 60.5 cm³/mol. The molecule has 0 aliphatic heterocycles. The summed E-state index contributed by atoms with van der Waals surface area (Å²) in [5.74, 6) is 0.777. The van der Waals surface area contributed by atoms with E-state index in [-0.39, 0.29) is 0 Å². The van der Waals surface area contributed by atoms with Crippen molar-refractivity contribution in [2.45, 2.75) is 4.43 Å². The number of benzene rings is 1. The molecular formula is C8H10BIO3. The standard InChI is InChI=1S/C8H10BIO3/c1-13-8-3-2-7(9(11)12)4-6(8)5-10/h2-4,11-12H,5H2,1H3. The first-order chi connectivity index (χ1) is 6.19. The van der Waals surface area contributed by atoms with Crippen molar-refractivity contribution in [2.24, 2.45) is 0 Å². The Bertz CT molecular complexity index is 291. The van der Waals surface area contributed by atoms with E-state index in [4.69, 9.17) is 14.8 Å². The fraction of sp³-hybridized carbons (Fsp3) is 0.250. The van der Waals surface area contributed by atoms with Crippen LogP contribution in [0.5, 0.6) is 5.75 Å². The maximum absolute atomic E-state index is 8.92. The van der Waals surface area contributed by atoms with Crippen LogP contribution in [0.2, 0.25) is 0 Å². The van der Waals surface area contributed by atoms with Gasteiger partial charge in [0.2, 0.25) is 0 Å². The zero-order chi connectivity index (χ0) is 9.84.